The van der Waals surface area contributed by atoms with Crippen molar-refractivity contribution in [1.29, 1.82) is 0 Å². The number of aromatic nitrogens is 5. The van der Waals surface area contributed by atoms with E-state index in [1.165, 1.54) is 11.0 Å². The van der Waals surface area contributed by atoms with Gasteiger partial charge in [0.25, 0.3) is 5.91 Å². The van der Waals surface area contributed by atoms with E-state index in [1.54, 1.807) is 30.5 Å². The normalized spacial score (nSPS) is 14.2. The smallest absolute Gasteiger partial charge is 0.255 e. The molecule has 0 radical (unpaired) electrons. The predicted octanol–water partition coefficient (Wildman–Crippen LogP) is 1.15. The summed E-state index contributed by atoms with van der Waals surface area (Å²) in [4.78, 5) is 19.3. The maximum absolute atomic E-state index is 12.7. The third-order valence-corrected chi connectivity index (χ3v) is 4.07. The summed E-state index contributed by atoms with van der Waals surface area (Å²) >= 11 is 0. The molecule has 0 aliphatic carbocycles. The highest BCUT2D eigenvalue weighted by Gasteiger charge is 2.18. The van der Waals surface area contributed by atoms with E-state index >= 15 is 0 Å². The van der Waals surface area contributed by atoms with Gasteiger partial charge in [-0.1, -0.05) is 6.07 Å². The number of carbonyl (C=O) groups excluding carboxylic acids is 1. The molecule has 1 aliphatic heterocycles. The second-order valence-corrected chi connectivity index (χ2v) is 5.73. The number of amides is 1. The molecule has 0 bridgehead atoms. The molecule has 4 rings (SSSR count). The van der Waals surface area contributed by atoms with Crippen LogP contribution in [0, 0.1) is 0 Å². The first-order valence-corrected chi connectivity index (χ1v) is 8.24. The van der Waals surface area contributed by atoms with Gasteiger partial charge in [-0.25, -0.2) is 9.67 Å². The SMILES string of the molecule is O=C(Nc1cccnc1N1CCOCC1)c1cccc(-n2cnnn2)c1. The van der Waals surface area contributed by atoms with Crippen molar-refractivity contribution >= 4 is 17.4 Å². The molecule has 2 aromatic heterocycles. The van der Waals surface area contributed by atoms with Gasteiger partial charge in [0.1, 0.15) is 6.33 Å². The van der Waals surface area contributed by atoms with Crippen LogP contribution < -0.4 is 10.2 Å². The number of hydrogen-bond acceptors (Lipinski definition) is 7. The topological polar surface area (TPSA) is 98.1 Å². The number of rotatable bonds is 4. The fourth-order valence-corrected chi connectivity index (χ4v) is 2.79. The molecule has 0 spiro atoms. The van der Waals surface area contributed by atoms with Crippen molar-refractivity contribution in [1.82, 2.24) is 25.2 Å². The highest BCUT2D eigenvalue weighted by Crippen LogP contribution is 2.24. The number of ether oxygens (including phenoxy) is 1. The summed E-state index contributed by atoms with van der Waals surface area (Å²) in [6, 6.07) is 10.7. The Balaban J connectivity index is 1.56. The number of morpholine rings is 1. The van der Waals surface area contributed by atoms with Crippen LogP contribution in [0.4, 0.5) is 11.5 Å². The van der Waals surface area contributed by atoms with Crippen molar-refractivity contribution in [2.75, 3.05) is 36.5 Å². The lowest BCUT2D eigenvalue weighted by Crippen LogP contribution is -2.37. The lowest BCUT2D eigenvalue weighted by atomic mass is 10.2. The first-order valence-electron chi connectivity index (χ1n) is 8.24. The van der Waals surface area contributed by atoms with Crippen LogP contribution >= 0.6 is 0 Å². The van der Waals surface area contributed by atoms with Crippen LogP contribution in [0.2, 0.25) is 0 Å². The molecule has 1 saturated heterocycles. The van der Waals surface area contributed by atoms with Gasteiger partial charge in [-0.05, 0) is 40.8 Å². The zero-order valence-corrected chi connectivity index (χ0v) is 13.9. The second-order valence-electron chi connectivity index (χ2n) is 5.73. The summed E-state index contributed by atoms with van der Waals surface area (Å²) in [5.41, 5.74) is 1.89. The van der Waals surface area contributed by atoms with Crippen molar-refractivity contribution in [2.24, 2.45) is 0 Å². The van der Waals surface area contributed by atoms with E-state index in [0.717, 1.165) is 18.9 Å². The minimum absolute atomic E-state index is 0.220. The third-order valence-electron chi connectivity index (χ3n) is 4.07. The van der Waals surface area contributed by atoms with Gasteiger partial charge in [0, 0.05) is 24.8 Å². The average Bonchev–Trinajstić information content (AvgIpc) is 3.24. The molecule has 0 atom stereocenters. The van der Waals surface area contributed by atoms with E-state index in [4.69, 9.17) is 4.74 Å². The minimum atomic E-state index is -0.220. The molecule has 1 aromatic carbocycles. The van der Waals surface area contributed by atoms with Crippen LogP contribution in [0.1, 0.15) is 10.4 Å². The van der Waals surface area contributed by atoms with E-state index in [0.29, 0.717) is 30.2 Å². The molecule has 3 heterocycles. The zero-order valence-electron chi connectivity index (χ0n) is 13.9. The van der Waals surface area contributed by atoms with E-state index in [1.807, 2.05) is 12.1 Å². The molecule has 3 aromatic rings. The Hall–Kier alpha value is -3.33. The lowest BCUT2D eigenvalue weighted by Gasteiger charge is -2.29. The molecule has 9 nitrogen and oxygen atoms in total. The molecule has 0 saturated carbocycles. The quantitative estimate of drug-likeness (QED) is 0.753. The van der Waals surface area contributed by atoms with Crippen molar-refractivity contribution < 1.29 is 9.53 Å². The number of carbonyl (C=O) groups is 1. The van der Waals surface area contributed by atoms with Crippen molar-refractivity contribution in [3.63, 3.8) is 0 Å². The molecular weight excluding hydrogens is 334 g/mol. The van der Waals surface area contributed by atoms with Gasteiger partial charge >= 0.3 is 0 Å². The molecule has 0 unspecified atom stereocenters. The predicted molar refractivity (Wildman–Crippen MR) is 94.4 cm³/mol. The summed E-state index contributed by atoms with van der Waals surface area (Å²) in [5.74, 6) is 0.531. The monoisotopic (exact) mass is 351 g/mol. The molecule has 132 valence electrons. The van der Waals surface area contributed by atoms with E-state index in [-0.39, 0.29) is 5.91 Å². The maximum Gasteiger partial charge on any atom is 0.255 e. The van der Waals surface area contributed by atoms with Gasteiger partial charge in [0.2, 0.25) is 0 Å². The van der Waals surface area contributed by atoms with Gasteiger partial charge in [-0.15, -0.1) is 5.10 Å². The third kappa shape index (κ3) is 3.38. The molecule has 26 heavy (non-hydrogen) atoms. The summed E-state index contributed by atoms with van der Waals surface area (Å²) in [7, 11) is 0. The van der Waals surface area contributed by atoms with Crippen molar-refractivity contribution in [3.05, 3.63) is 54.5 Å². The Morgan fingerprint density at radius 2 is 2.04 bits per heavy atom. The Kier molecular flexibility index (Phi) is 4.52. The molecule has 9 heteroatoms. The highest BCUT2D eigenvalue weighted by molar-refractivity contribution is 6.05. The second kappa shape index (κ2) is 7.28. The van der Waals surface area contributed by atoms with Crippen LogP contribution in [0.3, 0.4) is 0 Å². The Labute approximate surface area is 149 Å². The van der Waals surface area contributed by atoms with Gasteiger partial charge in [0.05, 0.1) is 24.6 Å². The fraction of sp³-hybridized carbons (Fsp3) is 0.235. The fourth-order valence-electron chi connectivity index (χ4n) is 2.79. The van der Waals surface area contributed by atoms with Crippen molar-refractivity contribution in [2.45, 2.75) is 0 Å². The first kappa shape index (κ1) is 16.2. The van der Waals surface area contributed by atoms with Gasteiger partial charge in [0.15, 0.2) is 5.82 Å². The Morgan fingerprint density at radius 1 is 1.15 bits per heavy atom. The molecular formula is C17H17N7O2. The summed E-state index contributed by atoms with van der Waals surface area (Å²) in [6.07, 6.45) is 3.20. The number of anilines is 2. The van der Waals surface area contributed by atoms with Crippen LogP contribution in [-0.2, 0) is 4.74 Å². The number of nitrogens with one attached hydrogen (secondary N) is 1. The summed E-state index contributed by atoms with van der Waals surface area (Å²) in [5, 5.41) is 14.0. The number of tetrazole rings is 1. The van der Waals surface area contributed by atoms with Crippen LogP contribution in [0.5, 0.6) is 0 Å². The Bertz CT molecular complexity index is 892. The van der Waals surface area contributed by atoms with E-state index in [2.05, 4.69) is 30.7 Å². The molecule has 1 aliphatic rings. The van der Waals surface area contributed by atoms with Gasteiger partial charge in [-0.2, -0.15) is 0 Å². The van der Waals surface area contributed by atoms with Crippen molar-refractivity contribution in [3.8, 4) is 5.69 Å². The van der Waals surface area contributed by atoms with Gasteiger partial charge < -0.3 is 15.0 Å². The van der Waals surface area contributed by atoms with Gasteiger partial charge in [-0.3, -0.25) is 4.79 Å². The van der Waals surface area contributed by atoms with E-state index in [9.17, 15) is 4.79 Å². The number of nitrogens with zero attached hydrogens (tertiary/aromatic N) is 6. The molecule has 1 fully saturated rings. The first-order chi connectivity index (χ1) is 12.8. The van der Waals surface area contributed by atoms with E-state index < -0.39 is 0 Å². The molecule has 1 N–H and O–H groups in total. The number of pyridine rings is 1. The average molecular weight is 351 g/mol. The standard InChI is InChI=1S/C17H17N7O2/c25-17(13-3-1-4-14(11-13)24-12-19-21-22-24)20-15-5-2-6-18-16(15)23-7-9-26-10-8-23/h1-6,11-12H,7-10H2,(H,20,25). The summed E-state index contributed by atoms with van der Waals surface area (Å²) in [6.45, 7) is 2.79. The largest absolute Gasteiger partial charge is 0.378 e. The molecule has 1 amide bonds. The summed E-state index contributed by atoms with van der Waals surface area (Å²) < 4.78 is 6.88. The van der Waals surface area contributed by atoms with Crippen LogP contribution in [-0.4, -0.2) is 57.4 Å². The number of benzene rings is 1. The van der Waals surface area contributed by atoms with Crippen LogP contribution in [0.15, 0.2) is 48.9 Å². The lowest BCUT2D eigenvalue weighted by molar-refractivity contribution is 0.102. The minimum Gasteiger partial charge on any atom is -0.378 e. The Morgan fingerprint density at radius 3 is 2.85 bits per heavy atom. The van der Waals surface area contributed by atoms with Crippen LogP contribution in [0.25, 0.3) is 5.69 Å². The number of hydrogen-bond donors (Lipinski definition) is 1. The zero-order chi connectivity index (χ0) is 17.8. The maximum atomic E-state index is 12.7. The highest BCUT2D eigenvalue weighted by atomic mass is 16.5.